The highest BCUT2D eigenvalue weighted by molar-refractivity contribution is 6.46. The average molecular weight is 505 g/mol. The zero-order chi connectivity index (χ0) is 26.9. The van der Waals surface area contributed by atoms with Crippen molar-refractivity contribution in [2.75, 3.05) is 39.4 Å². The number of nitrogens with zero attached hydrogens (tertiary/aromatic N) is 2. The number of hydrogen-bond acceptors (Lipinski definition) is 6. The fourth-order valence-electron chi connectivity index (χ4n) is 4.44. The lowest BCUT2D eigenvalue weighted by molar-refractivity contribution is -0.140. The fourth-order valence-corrected chi connectivity index (χ4v) is 4.44. The van der Waals surface area contributed by atoms with Gasteiger partial charge in [0.25, 0.3) is 11.7 Å². The van der Waals surface area contributed by atoms with Gasteiger partial charge in [0.15, 0.2) is 0 Å². The number of likely N-dealkylation sites (tertiary alicyclic amines) is 1. The standard InChI is InChI=1S/C30H36N2O5/c1-6-18-36-23-12-10-22(11-13-23)27-26(29(34)30(35)32(27)17-16-31(8-3)9-4)28(33)25-15-14-24(20-21(25)5)37-19-7-2/h6-7,10-15,20,27,33H,1-2,8-9,16-19H2,3-5H3. The SMILES string of the molecule is C=CCOc1ccc(C2C(=C(O)c3ccc(OCC=C)cc3C)C(=O)C(=O)N2CCN(CC)CC)cc1. The molecule has 1 fully saturated rings. The normalized spacial score (nSPS) is 16.8. The maximum atomic E-state index is 13.3. The van der Waals surface area contributed by atoms with E-state index in [2.05, 4.69) is 31.9 Å². The van der Waals surface area contributed by atoms with E-state index < -0.39 is 17.7 Å². The van der Waals surface area contributed by atoms with Crippen molar-refractivity contribution in [2.45, 2.75) is 26.8 Å². The molecule has 0 saturated carbocycles. The number of hydrogen-bond donors (Lipinski definition) is 1. The Hall–Kier alpha value is -3.84. The Balaban J connectivity index is 2.07. The van der Waals surface area contributed by atoms with Crippen LogP contribution in [0, 0.1) is 6.92 Å². The smallest absolute Gasteiger partial charge is 0.295 e. The van der Waals surface area contributed by atoms with Gasteiger partial charge in [-0.25, -0.2) is 0 Å². The van der Waals surface area contributed by atoms with Gasteiger partial charge in [-0.2, -0.15) is 0 Å². The lowest BCUT2D eigenvalue weighted by Crippen LogP contribution is -2.38. The van der Waals surface area contributed by atoms with Gasteiger partial charge in [-0.3, -0.25) is 9.59 Å². The van der Waals surface area contributed by atoms with Crippen LogP contribution in [-0.2, 0) is 9.59 Å². The van der Waals surface area contributed by atoms with Crippen LogP contribution in [0.5, 0.6) is 11.5 Å². The average Bonchev–Trinajstić information content (AvgIpc) is 3.16. The van der Waals surface area contributed by atoms with E-state index in [9.17, 15) is 14.7 Å². The van der Waals surface area contributed by atoms with Gasteiger partial charge >= 0.3 is 0 Å². The van der Waals surface area contributed by atoms with Crippen LogP contribution in [0.2, 0.25) is 0 Å². The fraction of sp³-hybridized carbons (Fsp3) is 0.333. The second-order valence-corrected chi connectivity index (χ2v) is 8.76. The van der Waals surface area contributed by atoms with Crippen LogP contribution in [-0.4, -0.2) is 66.0 Å². The Morgan fingerprint density at radius 1 is 1.00 bits per heavy atom. The molecule has 1 saturated heterocycles. The van der Waals surface area contributed by atoms with Crippen LogP contribution in [0.15, 0.2) is 73.3 Å². The van der Waals surface area contributed by atoms with Crippen LogP contribution >= 0.6 is 0 Å². The third-order valence-corrected chi connectivity index (χ3v) is 6.48. The van der Waals surface area contributed by atoms with Crippen molar-refractivity contribution >= 4 is 17.4 Å². The molecule has 0 spiro atoms. The van der Waals surface area contributed by atoms with Crippen molar-refractivity contribution in [1.82, 2.24) is 9.80 Å². The summed E-state index contributed by atoms with van der Waals surface area (Å²) in [7, 11) is 0. The van der Waals surface area contributed by atoms with Gasteiger partial charge in [0, 0.05) is 18.7 Å². The summed E-state index contributed by atoms with van der Waals surface area (Å²) in [6.45, 7) is 16.6. The number of aliphatic hydroxyl groups is 1. The summed E-state index contributed by atoms with van der Waals surface area (Å²) in [6.07, 6.45) is 3.31. The molecule has 196 valence electrons. The minimum Gasteiger partial charge on any atom is -0.507 e. The number of benzene rings is 2. The second-order valence-electron chi connectivity index (χ2n) is 8.76. The predicted octanol–water partition coefficient (Wildman–Crippen LogP) is 4.89. The number of carbonyl (C=O) groups is 2. The van der Waals surface area contributed by atoms with E-state index in [1.807, 2.05) is 19.1 Å². The number of Topliss-reactive ketones (excluding diaryl/α,β-unsaturated/α-hetero) is 1. The molecule has 1 unspecified atom stereocenters. The Bertz CT molecular complexity index is 1160. The molecule has 1 N–H and O–H groups in total. The number of aryl methyl sites for hydroxylation is 1. The van der Waals surface area contributed by atoms with E-state index in [4.69, 9.17) is 9.47 Å². The van der Waals surface area contributed by atoms with Crippen LogP contribution in [0.1, 0.15) is 36.6 Å². The van der Waals surface area contributed by atoms with Crippen molar-refractivity contribution < 1.29 is 24.2 Å². The van der Waals surface area contributed by atoms with E-state index in [0.29, 0.717) is 43.4 Å². The maximum absolute atomic E-state index is 13.3. The first kappa shape index (κ1) is 27.7. The Labute approximate surface area is 219 Å². The second kappa shape index (κ2) is 12.9. The molecular formula is C30H36N2O5. The maximum Gasteiger partial charge on any atom is 0.295 e. The number of ketones is 1. The summed E-state index contributed by atoms with van der Waals surface area (Å²) in [5, 5.41) is 11.4. The molecule has 0 radical (unpaired) electrons. The zero-order valence-corrected chi connectivity index (χ0v) is 21.9. The van der Waals surface area contributed by atoms with E-state index in [1.165, 1.54) is 0 Å². The van der Waals surface area contributed by atoms with Crippen LogP contribution < -0.4 is 9.47 Å². The highest BCUT2D eigenvalue weighted by Gasteiger charge is 2.46. The summed E-state index contributed by atoms with van der Waals surface area (Å²) >= 11 is 0. The molecule has 1 amide bonds. The van der Waals surface area contributed by atoms with Crippen LogP contribution in [0.4, 0.5) is 0 Å². The molecule has 37 heavy (non-hydrogen) atoms. The first-order chi connectivity index (χ1) is 17.9. The molecule has 1 heterocycles. The van der Waals surface area contributed by atoms with Crippen molar-refractivity contribution in [3.05, 3.63) is 90.0 Å². The Morgan fingerprint density at radius 2 is 1.59 bits per heavy atom. The van der Waals surface area contributed by atoms with Gasteiger partial charge in [0.1, 0.15) is 30.5 Å². The summed E-state index contributed by atoms with van der Waals surface area (Å²) in [5.74, 6) is -0.238. The van der Waals surface area contributed by atoms with Crippen molar-refractivity contribution in [2.24, 2.45) is 0 Å². The zero-order valence-electron chi connectivity index (χ0n) is 21.9. The third kappa shape index (κ3) is 6.30. The van der Waals surface area contributed by atoms with Gasteiger partial charge in [0.05, 0.1) is 11.6 Å². The monoisotopic (exact) mass is 504 g/mol. The van der Waals surface area contributed by atoms with E-state index in [-0.39, 0.29) is 11.3 Å². The van der Waals surface area contributed by atoms with Crippen molar-refractivity contribution in [1.29, 1.82) is 0 Å². The molecule has 0 bridgehead atoms. The highest BCUT2D eigenvalue weighted by Crippen LogP contribution is 2.40. The lowest BCUT2D eigenvalue weighted by atomic mass is 9.94. The first-order valence-corrected chi connectivity index (χ1v) is 12.5. The molecular weight excluding hydrogens is 468 g/mol. The minimum absolute atomic E-state index is 0.0761. The first-order valence-electron chi connectivity index (χ1n) is 12.5. The van der Waals surface area contributed by atoms with Gasteiger partial charge in [0.2, 0.25) is 0 Å². The van der Waals surface area contributed by atoms with Gasteiger partial charge in [-0.1, -0.05) is 51.3 Å². The summed E-state index contributed by atoms with van der Waals surface area (Å²) in [4.78, 5) is 30.3. The molecule has 0 aromatic heterocycles. The van der Waals surface area contributed by atoms with Crippen LogP contribution in [0.3, 0.4) is 0 Å². The van der Waals surface area contributed by atoms with Crippen molar-refractivity contribution in [3.63, 3.8) is 0 Å². The van der Waals surface area contributed by atoms with E-state index >= 15 is 0 Å². The lowest BCUT2D eigenvalue weighted by Gasteiger charge is -2.28. The topological polar surface area (TPSA) is 79.3 Å². The van der Waals surface area contributed by atoms with Gasteiger partial charge in [-0.15, -0.1) is 0 Å². The minimum atomic E-state index is -0.722. The number of likely N-dealkylation sites (N-methyl/N-ethyl adjacent to an activating group) is 1. The summed E-state index contributed by atoms with van der Waals surface area (Å²) in [5.41, 5.74) is 1.99. The quantitative estimate of drug-likeness (QED) is 0.181. The molecule has 1 aliphatic rings. The molecule has 3 rings (SSSR count). The molecule has 2 aromatic carbocycles. The number of carbonyl (C=O) groups excluding carboxylic acids is 2. The van der Waals surface area contributed by atoms with Crippen LogP contribution in [0.25, 0.3) is 5.76 Å². The third-order valence-electron chi connectivity index (χ3n) is 6.48. The summed E-state index contributed by atoms with van der Waals surface area (Å²) < 4.78 is 11.2. The molecule has 1 atom stereocenters. The number of amides is 1. The van der Waals surface area contributed by atoms with Gasteiger partial charge < -0.3 is 24.4 Å². The highest BCUT2D eigenvalue weighted by atomic mass is 16.5. The molecule has 7 heteroatoms. The molecule has 1 aliphatic heterocycles. The van der Waals surface area contributed by atoms with E-state index in [0.717, 1.165) is 24.2 Å². The number of aliphatic hydroxyl groups excluding tert-OH is 1. The Kier molecular flexibility index (Phi) is 9.69. The molecule has 7 nitrogen and oxygen atoms in total. The predicted molar refractivity (Wildman–Crippen MR) is 146 cm³/mol. The van der Waals surface area contributed by atoms with Gasteiger partial charge in [-0.05, 0) is 61.5 Å². The van der Waals surface area contributed by atoms with E-state index in [1.54, 1.807) is 47.4 Å². The molecule has 2 aromatic rings. The largest absolute Gasteiger partial charge is 0.507 e. The number of ether oxygens (including phenoxy) is 2. The summed E-state index contributed by atoms with van der Waals surface area (Å²) in [6, 6.07) is 11.7. The Morgan fingerprint density at radius 3 is 2.16 bits per heavy atom. The number of rotatable bonds is 13. The molecule has 0 aliphatic carbocycles. The van der Waals surface area contributed by atoms with Crippen molar-refractivity contribution in [3.8, 4) is 11.5 Å².